The predicted octanol–water partition coefficient (Wildman–Crippen LogP) is 2.20. The normalized spacial score (nSPS) is 13.6. The summed E-state index contributed by atoms with van der Waals surface area (Å²) in [6.07, 6.45) is 0.388. The zero-order valence-corrected chi connectivity index (χ0v) is 35.5. The summed E-state index contributed by atoms with van der Waals surface area (Å²) < 4.78 is 17.7. The third-order valence-corrected chi connectivity index (χ3v) is 10.8. The van der Waals surface area contributed by atoms with Gasteiger partial charge < -0.3 is 46.0 Å². The number of benzene rings is 3. The number of nitrogens with two attached hydrogens (primary N) is 1. The molecular formula is C45H47N10O11+. The van der Waals surface area contributed by atoms with E-state index in [1.807, 2.05) is 36.4 Å². The topological polar surface area (TPSA) is 300 Å². The number of anilines is 2. The fourth-order valence-electron chi connectivity index (χ4n) is 7.20. The van der Waals surface area contributed by atoms with Crippen LogP contribution in [0.2, 0.25) is 0 Å². The van der Waals surface area contributed by atoms with E-state index in [0.717, 1.165) is 11.1 Å². The van der Waals surface area contributed by atoms with Gasteiger partial charge in [-0.15, -0.1) is 0 Å². The van der Waals surface area contributed by atoms with Gasteiger partial charge in [-0.25, -0.2) is 14.5 Å². The highest BCUT2D eigenvalue weighted by atomic mass is 16.6. The molecule has 3 amide bonds. The molecule has 342 valence electrons. The Hall–Kier alpha value is -8.04. The number of para-hydroxylation sites is 1. The lowest BCUT2D eigenvalue weighted by Crippen LogP contribution is -2.58. The van der Waals surface area contributed by atoms with Crippen molar-refractivity contribution in [2.45, 2.75) is 38.3 Å². The van der Waals surface area contributed by atoms with Crippen LogP contribution in [0.15, 0.2) is 99.1 Å². The van der Waals surface area contributed by atoms with E-state index in [2.05, 4.69) is 41.2 Å². The first-order chi connectivity index (χ1) is 31.9. The Morgan fingerprint density at radius 1 is 0.894 bits per heavy atom. The maximum Gasteiger partial charge on any atom is 0.310 e. The molecule has 1 atom stereocenters. The van der Waals surface area contributed by atoms with Crippen LogP contribution < -0.4 is 42.5 Å². The molecule has 8 N–H and O–H groups in total. The average molecular weight is 904 g/mol. The van der Waals surface area contributed by atoms with Crippen LogP contribution in [0.25, 0.3) is 33.3 Å². The Kier molecular flexibility index (Phi) is 14.7. The number of hydrogen-bond acceptors (Lipinski definition) is 15. The lowest BCUT2D eigenvalue weighted by atomic mass is 10.0. The van der Waals surface area contributed by atoms with Crippen molar-refractivity contribution < 1.29 is 43.0 Å². The summed E-state index contributed by atoms with van der Waals surface area (Å²) in [4.78, 5) is 103. The molecule has 3 aromatic heterocycles. The number of carbonyl (C=O) groups is 5. The van der Waals surface area contributed by atoms with Crippen molar-refractivity contribution in [3.05, 3.63) is 117 Å². The van der Waals surface area contributed by atoms with Crippen LogP contribution in [0.4, 0.5) is 17.5 Å². The number of carboxylic acid groups (broad SMARTS) is 1. The smallest absolute Gasteiger partial charge is 0.310 e. The monoisotopic (exact) mass is 903 g/mol. The number of ether oxygens (including phenoxy) is 2. The Labute approximate surface area is 375 Å². The van der Waals surface area contributed by atoms with E-state index in [4.69, 9.17) is 19.6 Å². The summed E-state index contributed by atoms with van der Waals surface area (Å²) >= 11 is 0. The third kappa shape index (κ3) is 11.6. The molecule has 4 heterocycles. The van der Waals surface area contributed by atoms with Crippen molar-refractivity contribution in [1.82, 2.24) is 40.4 Å². The minimum atomic E-state index is -1.21. The molecule has 3 aromatic carbocycles. The largest absolute Gasteiger partial charge is 0.481 e. The molecule has 6 aromatic rings. The lowest BCUT2D eigenvalue weighted by molar-refractivity contribution is -0.151. The number of hydrogen-bond donors (Lipinski definition) is 7. The minimum Gasteiger partial charge on any atom is -0.481 e. The van der Waals surface area contributed by atoms with Crippen LogP contribution in [-0.4, -0.2) is 107 Å². The second kappa shape index (κ2) is 21.1. The molecule has 66 heavy (non-hydrogen) atoms. The summed E-state index contributed by atoms with van der Waals surface area (Å²) in [5.41, 5.74) is 8.22. The van der Waals surface area contributed by atoms with Crippen LogP contribution in [0.1, 0.15) is 41.7 Å². The number of H-pyrrole nitrogens is 1. The molecule has 1 saturated heterocycles. The number of aromatic nitrogens is 4. The fraction of sp³-hybridized carbons (Fsp3) is 0.289. The Morgan fingerprint density at radius 3 is 2.41 bits per heavy atom. The summed E-state index contributed by atoms with van der Waals surface area (Å²) in [5, 5.41) is 20.6. The summed E-state index contributed by atoms with van der Waals surface area (Å²) in [5.74, 6) is -3.32. The van der Waals surface area contributed by atoms with E-state index in [-0.39, 0.29) is 78.2 Å². The summed E-state index contributed by atoms with van der Waals surface area (Å²) in [7, 11) is 0. The van der Waals surface area contributed by atoms with Crippen molar-refractivity contribution in [3.63, 3.8) is 0 Å². The number of fused-ring (bicyclic) bond motifs is 2. The molecule has 21 heteroatoms. The average Bonchev–Trinajstić information content (AvgIpc) is 3.32. The van der Waals surface area contributed by atoms with Gasteiger partial charge >= 0.3 is 17.8 Å². The van der Waals surface area contributed by atoms with Crippen LogP contribution >= 0.6 is 0 Å². The highest BCUT2D eigenvalue weighted by Crippen LogP contribution is 2.33. The molecule has 0 spiro atoms. The number of aromatic amines is 1. The van der Waals surface area contributed by atoms with Gasteiger partial charge in [-0.05, 0) is 42.3 Å². The van der Waals surface area contributed by atoms with Gasteiger partial charge in [-0.3, -0.25) is 38.5 Å². The van der Waals surface area contributed by atoms with E-state index in [9.17, 15) is 38.7 Å². The molecule has 1 fully saturated rings. The Bertz CT molecular complexity index is 2860. The quantitative estimate of drug-likeness (QED) is 0.0348. The SMILES string of the molecule is Nc1nc2ncc(CNc3ccc(C(=O)NC(CCC(=O)O)C(=O)NCCNC(=O)CCC(=O)OC[N+]4(c5cc(=O)c6cccc(-c7ccccc7)c6o5)CCOCC4)cc3)nc2c(=O)[nH]1. The van der Waals surface area contributed by atoms with Gasteiger partial charge in [0, 0.05) is 42.7 Å². The lowest BCUT2D eigenvalue weighted by Gasteiger charge is -2.37. The van der Waals surface area contributed by atoms with Crippen LogP contribution in [0.5, 0.6) is 0 Å². The highest BCUT2D eigenvalue weighted by Gasteiger charge is 2.38. The number of rotatable bonds is 19. The standard InChI is InChI=1S/C45H46N10O11/c46-45-53-41-39(44(63)54-45)51-30(25-50-41)24-49-29-11-9-28(10-12-29)42(61)52-33(13-15-37(58)59)43(62)48-18-17-47-35(57)14-16-38(60)65-26-55(19-21-64-22-20-55)36-23-34(56)32-8-4-7-31(40(32)66-36)27-5-2-1-3-6-27/h1-12,23,25,33H,13-22,24,26H2,(H7-,46,47,48,49,50,52,53,54,57,58,59,61,62,63)/p+1. The van der Waals surface area contributed by atoms with Crippen molar-refractivity contribution >= 4 is 69.3 Å². The molecule has 21 nitrogen and oxygen atoms in total. The summed E-state index contributed by atoms with van der Waals surface area (Å²) in [6, 6.07) is 21.4. The van der Waals surface area contributed by atoms with Crippen molar-refractivity contribution in [1.29, 1.82) is 0 Å². The number of aliphatic carboxylic acids is 1. The Balaban J connectivity index is 0.864. The predicted molar refractivity (Wildman–Crippen MR) is 241 cm³/mol. The van der Waals surface area contributed by atoms with Crippen LogP contribution in [0.3, 0.4) is 0 Å². The molecule has 1 aliphatic rings. The molecular weight excluding hydrogens is 857 g/mol. The minimum absolute atomic E-state index is 0.0214. The van der Waals surface area contributed by atoms with E-state index in [0.29, 0.717) is 54.5 Å². The zero-order valence-electron chi connectivity index (χ0n) is 35.5. The van der Waals surface area contributed by atoms with Gasteiger partial charge in [0.25, 0.3) is 11.5 Å². The van der Waals surface area contributed by atoms with E-state index >= 15 is 0 Å². The number of quaternary nitrogens is 1. The second-order valence-electron chi connectivity index (χ2n) is 15.4. The molecule has 1 unspecified atom stereocenters. The van der Waals surface area contributed by atoms with Crippen LogP contribution in [-0.2, 0) is 35.2 Å². The number of amides is 3. The maximum atomic E-state index is 13.4. The van der Waals surface area contributed by atoms with Gasteiger partial charge in [0.15, 0.2) is 22.2 Å². The van der Waals surface area contributed by atoms with E-state index < -0.39 is 47.7 Å². The van der Waals surface area contributed by atoms with Gasteiger partial charge in [-0.2, -0.15) is 4.98 Å². The molecule has 0 aliphatic carbocycles. The number of carboxylic acids is 1. The number of nitrogens with zero attached hydrogens (tertiary/aromatic N) is 4. The molecule has 7 rings (SSSR count). The van der Waals surface area contributed by atoms with E-state index in [1.54, 1.807) is 24.3 Å². The van der Waals surface area contributed by atoms with Gasteiger partial charge in [0.05, 0.1) is 49.5 Å². The first kappa shape index (κ1) is 46.0. The number of carbonyl (C=O) groups excluding carboxylic acids is 4. The number of esters is 1. The van der Waals surface area contributed by atoms with Crippen molar-refractivity contribution in [2.24, 2.45) is 0 Å². The Morgan fingerprint density at radius 2 is 1.65 bits per heavy atom. The first-order valence-electron chi connectivity index (χ1n) is 21.0. The fourth-order valence-corrected chi connectivity index (χ4v) is 7.20. The van der Waals surface area contributed by atoms with Gasteiger partial charge in [-0.1, -0.05) is 42.5 Å². The molecule has 0 bridgehead atoms. The van der Waals surface area contributed by atoms with Crippen molar-refractivity contribution in [3.8, 4) is 11.1 Å². The number of nitrogens with one attached hydrogen (secondary N) is 5. The number of morpholine rings is 1. The molecule has 0 radical (unpaired) electrons. The maximum absolute atomic E-state index is 13.4. The molecule has 1 aliphatic heterocycles. The van der Waals surface area contributed by atoms with Gasteiger partial charge in [0.2, 0.25) is 24.5 Å². The van der Waals surface area contributed by atoms with Crippen LogP contribution in [0, 0.1) is 0 Å². The first-order valence-corrected chi connectivity index (χ1v) is 21.0. The second-order valence-corrected chi connectivity index (χ2v) is 15.4. The third-order valence-electron chi connectivity index (χ3n) is 10.8. The van der Waals surface area contributed by atoms with Gasteiger partial charge in [0.1, 0.15) is 19.1 Å². The highest BCUT2D eigenvalue weighted by molar-refractivity contribution is 5.98. The summed E-state index contributed by atoms with van der Waals surface area (Å²) in [6.45, 7) is 1.39. The number of nitrogen functional groups attached to an aromatic ring is 1. The van der Waals surface area contributed by atoms with Crippen molar-refractivity contribution in [2.75, 3.05) is 57.2 Å². The van der Waals surface area contributed by atoms with E-state index in [1.165, 1.54) is 24.4 Å². The zero-order chi connectivity index (χ0) is 46.6. The molecule has 0 saturated carbocycles.